The Bertz CT molecular complexity index is 799. The van der Waals surface area contributed by atoms with Gasteiger partial charge in [0.15, 0.2) is 5.58 Å². The molecule has 1 heterocycles. The number of fused-ring (bicyclic) bond motifs is 1. The standard InChI is InChI=1S/C21H23NO/c1-2-3-12-22-20-19(16-9-10-16)14-18(15-7-5-4-6-8-15)17-11-13-23-21(17)20/h4-8,11,13-14,16,22H,2-3,9-10,12H2,1H3. The summed E-state index contributed by atoms with van der Waals surface area (Å²) < 4.78 is 5.90. The number of nitrogens with one attached hydrogen (secondary N) is 1. The number of furan rings is 1. The van der Waals surface area contributed by atoms with Crippen LogP contribution >= 0.6 is 0 Å². The predicted octanol–water partition coefficient (Wildman–Crippen LogP) is 6.19. The van der Waals surface area contributed by atoms with Crippen molar-refractivity contribution in [1.82, 2.24) is 0 Å². The highest BCUT2D eigenvalue weighted by atomic mass is 16.3. The largest absolute Gasteiger partial charge is 0.462 e. The first-order chi connectivity index (χ1) is 11.4. The number of unbranched alkanes of at least 4 members (excludes halogenated alkanes) is 1. The summed E-state index contributed by atoms with van der Waals surface area (Å²) in [5.74, 6) is 0.691. The molecule has 2 heteroatoms. The smallest absolute Gasteiger partial charge is 0.157 e. The molecule has 0 bridgehead atoms. The summed E-state index contributed by atoms with van der Waals surface area (Å²) in [6.07, 6.45) is 6.80. The van der Waals surface area contributed by atoms with Crippen molar-refractivity contribution in [2.45, 2.75) is 38.5 Å². The highest BCUT2D eigenvalue weighted by molar-refractivity contribution is 6.02. The minimum atomic E-state index is 0.691. The zero-order valence-electron chi connectivity index (χ0n) is 13.6. The van der Waals surface area contributed by atoms with Crippen molar-refractivity contribution in [2.24, 2.45) is 0 Å². The molecule has 0 saturated heterocycles. The maximum absolute atomic E-state index is 5.90. The summed E-state index contributed by atoms with van der Waals surface area (Å²) >= 11 is 0. The maximum Gasteiger partial charge on any atom is 0.157 e. The van der Waals surface area contributed by atoms with Crippen molar-refractivity contribution in [3.05, 3.63) is 54.3 Å². The average Bonchev–Trinajstić information content (AvgIpc) is 3.32. The van der Waals surface area contributed by atoms with Gasteiger partial charge in [-0.2, -0.15) is 0 Å². The SMILES string of the molecule is CCCCNc1c(C2CC2)cc(-c2ccccc2)c2ccoc12. The van der Waals surface area contributed by atoms with Crippen LogP contribution in [0.4, 0.5) is 5.69 Å². The molecule has 1 aliphatic carbocycles. The Morgan fingerprint density at radius 3 is 2.70 bits per heavy atom. The van der Waals surface area contributed by atoms with Gasteiger partial charge in [0.1, 0.15) is 0 Å². The lowest BCUT2D eigenvalue weighted by Gasteiger charge is -2.15. The van der Waals surface area contributed by atoms with Gasteiger partial charge in [-0.05, 0) is 54.0 Å². The van der Waals surface area contributed by atoms with Gasteiger partial charge < -0.3 is 9.73 Å². The first-order valence-electron chi connectivity index (χ1n) is 8.72. The van der Waals surface area contributed by atoms with E-state index in [2.05, 4.69) is 54.7 Å². The molecule has 1 fully saturated rings. The van der Waals surface area contributed by atoms with E-state index in [0.717, 1.165) is 12.1 Å². The third kappa shape index (κ3) is 2.74. The van der Waals surface area contributed by atoms with Crippen molar-refractivity contribution in [2.75, 3.05) is 11.9 Å². The molecule has 23 heavy (non-hydrogen) atoms. The summed E-state index contributed by atoms with van der Waals surface area (Å²) in [7, 11) is 0. The fraction of sp³-hybridized carbons (Fsp3) is 0.333. The Hall–Kier alpha value is -2.22. The Balaban J connectivity index is 1.86. The molecule has 3 aromatic rings. The number of rotatable bonds is 6. The molecule has 1 saturated carbocycles. The minimum Gasteiger partial charge on any atom is -0.462 e. The van der Waals surface area contributed by atoms with Crippen LogP contribution in [0.25, 0.3) is 22.1 Å². The van der Waals surface area contributed by atoms with Crippen molar-refractivity contribution < 1.29 is 4.42 Å². The van der Waals surface area contributed by atoms with E-state index in [4.69, 9.17) is 4.42 Å². The molecule has 1 aliphatic rings. The Kier molecular flexibility index (Phi) is 3.82. The zero-order valence-corrected chi connectivity index (χ0v) is 13.6. The summed E-state index contributed by atoms with van der Waals surface area (Å²) in [5, 5.41) is 4.86. The predicted molar refractivity (Wildman–Crippen MR) is 97.0 cm³/mol. The first kappa shape index (κ1) is 14.4. The van der Waals surface area contributed by atoms with Crippen molar-refractivity contribution in [3.63, 3.8) is 0 Å². The van der Waals surface area contributed by atoms with Crippen LogP contribution in [0.15, 0.2) is 53.1 Å². The van der Waals surface area contributed by atoms with Crippen LogP contribution in [0.5, 0.6) is 0 Å². The summed E-state index contributed by atoms with van der Waals surface area (Å²) in [6, 6.07) is 15.1. The molecule has 1 N–H and O–H groups in total. The van der Waals surface area contributed by atoms with Gasteiger partial charge in [-0.3, -0.25) is 0 Å². The number of hydrogen-bond donors (Lipinski definition) is 1. The topological polar surface area (TPSA) is 25.2 Å². The molecular formula is C21H23NO. The normalized spacial score (nSPS) is 14.3. The third-order valence-electron chi connectivity index (χ3n) is 4.71. The Morgan fingerprint density at radius 1 is 1.13 bits per heavy atom. The summed E-state index contributed by atoms with van der Waals surface area (Å²) in [6.45, 7) is 3.24. The molecule has 0 amide bonds. The van der Waals surface area contributed by atoms with Gasteiger partial charge in [0, 0.05) is 11.9 Å². The van der Waals surface area contributed by atoms with Crippen molar-refractivity contribution in [1.29, 1.82) is 0 Å². The second-order valence-electron chi connectivity index (χ2n) is 6.47. The van der Waals surface area contributed by atoms with Gasteiger partial charge in [0.05, 0.1) is 12.0 Å². The Labute approximate surface area is 137 Å². The van der Waals surface area contributed by atoms with Crippen LogP contribution in [-0.4, -0.2) is 6.54 Å². The highest BCUT2D eigenvalue weighted by Crippen LogP contribution is 2.48. The van der Waals surface area contributed by atoms with E-state index in [0.29, 0.717) is 5.92 Å². The first-order valence-corrected chi connectivity index (χ1v) is 8.72. The lowest BCUT2D eigenvalue weighted by molar-refractivity contribution is 0.616. The Morgan fingerprint density at radius 2 is 1.96 bits per heavy atom. The van der Waals surface area contributed by atoms with Crippen LogP contribution in [0.2, 0.25) is 0 Å². The van der Waals surface area contributed by atoms with E-state index in [1.165, 1.54) is 53.4 Å². The van der Waals surface area contributed by atoms with E-state index in [9.17, 15) is 0 Å². The average molecular weight is 305 g/mol. The monoisotopic (exact) mass is 305 g/mol. The molecule has 2 nitrogen and oxygen atoms in total. The van der Waals surface area contributed by atoms with Gasteiger partial charge in [0.25, 0.3) is 0 Å². The molecule has 0 radical (unpaired) electrons. The quantitative estimate of drug-likeness (QED) is 0.549. The molecule has 1 aromatic heterocycles. The van der Waals surface area contributed by atoms with E-state index in [-0.39, 0.29) is 0 Å². The molecule has 0 atom stereocenters. The molecule has 4 rings (SSSR count). The van der Waals surface area contributed by atoms with E-state index < -0.39 is 0 Å². The maximum atomic E-state index is 5.90. The van der Waals surface area contributed by atoms with Crippen LogP contribution in [0, 0.1) is 0 Å². The van der Waals surface area contributed by atoms with Gasteiger partial charge in [0.2, 0.25) is 0 Å². The lowest BCUT2D eigenvalue weighted by atomic mass is 9.95. The van der Waals surface area contributed by atoms with Crippen LogP contribution < -0.4 is 5.32 Å². The fourth-order valence-electron chi connectivity index (χ4n) is 3.30. The summed E-state index contributed by atoms with van der Waals surface area (Å²) in [4.78, 5) is 0. The zero-order chi connectivity index (χ0) is 15.6. The van der Waals surface area contributed by atoms with E-state index >= 15 is 0 Å². The van der Waals surface area contributed by atoms with Gasteiger partial charge in [-0.15, -0.1) is 0 Å². The molecule has 0 aliphatic heterocycles. The molecule has 2 aromatic carbocycles. The van der Waals surface area contributed by atoms with Crippen molar-refractivity contribution in [3.8, 4) is 11.1 Å². The van der Waals surface area contributed by atoms with Gasteiger partial charge in [-0.1, -0.05) is 43.7 Å². The fourth-order valence-corrected chi connectivity index (χ4v) is 3.30. The highest BCUT2D eigenvalue weighted by Gasteiger charge is 2.29. The molecule has 0 spiro atoms. The summed E-state index contributed by atoms with van der Waals surface area (Å²) in [5.41, 5.74) is 6.23. The van der Waals surface area contributed by atoms with E-state index in [1.807, 2.05) is 6.26 Å². The van der Waals surface area contributed by atoms with E-state index in [1.54, 1.807) is 0 Å². The molecular weight excluding hydrogens is 282 g/mol. The minimum absolute atomic E-state index is 0.691. The van der Waals surface area contributed by atoms with Crippen LogP contribution in [-0.2, 0) is 0 Å². The third-order valence-corrected chi connectivity index (χ3v) is 4.71. The van der Waals surface area contributed by atoms with Crippen LogP contribution in [0.1, 0.15) is 44.1 Å². The van der Waals surface area contributed by atoms with Crippen molar-refractivity contribution >= 4 is 16.7 Å². The number of benzene rings is 2. The molecule has 118 valence electrons. The number of anilines is 1. The second kappa shape index (κ2) is 6.11. The second-order valence-corrected chi connectivity index (χ2v) is 6.47. The van der Waals surface area contributed by atoms with Crippen LogP contribution in [0.3, 0.4) is 0 Å². The van der Waals surface area contributed by atoms with Gasteiger partial charge >= 0.3 is 0 Å². The lowest BCUT2D eigenvalue weighted by Crippen LogP contribution is -2.04. The molecule has 0 unspecified atom stereocenters. The van der Waals surface area contributed by atoms with Gasteiger partial charge in [-0.25, -0.2) is 0 Å². The number of hydrogen-bond acceptors (Lipinski definition) is 2.